The Labute approximate surface area is 146 Å². The summed E-state index contributed by atoms with van der Waals surface area (Å²) in [6.45, 7) is 5.29. The van der Waals surface area contributed by atoms with Crippen molar-refractivity contribution in [1.29, 1.82) is 0 Å². The number of hydrogen-bond acceptors (Lipinski definition) is 5. The summed E-state index contributed by atoms with van der Waals surface area (Å²) in [5.41, 5.74) is -0.0407. The minimum absolute atomic E-state index is 0.0407. The summed E-state index contributed by atoms with van der Waals surface area (Å²) in [5, 5.41) is 6.55. The van der Waals surface area contributed by atoms with Gasteiger partial charge in [0.15, 0.2) is 0 Å². The Morgan fingerprint density at radius 2 is 1.72 bits per heavy atom. The van der Waals surface area contributed by atoms with Crippen molar-refractivity contribution < 1.29 is 0 Å². The molecule has 128 valence electrons. The molecular formula is C19H21N5O. The number of nitrogens with zero attached hydrogens (tertiary/aromatic N) is 5. The molecule has 6 nitrogen and oxygen atoms in total. The van der Waals surface area contributed by atoms with Crippen LogP contribution in [0.1, 0.15) is 0 Å². The van der Waals surface area contributed by atoms with E-state index in [2.05, 4.69) is 50.2 Å². The maximum Gasteiger partial charge on any atom is 0.266 e. The van der Waals surface area contributed by atoms with E-state index in [1.54, 1.807) is 18.3 Å². The highest BCUT2D eigenvalue weighted by Crippen LogP contribution is 2.24. The summed E-state index contributed by atoms with van der Waals surface area (Å²) in [4.78, 5) is 21.1. The molecule has 0 unspecified atom stereocenters. The molecule has 0 N–H and O–H groups in total. The van der Waals surface area contributed by atoms with Gasteiger partial charge < -0.3 is 4.90 Å². The molecular weight excluding hydrogens is 314 g/mol. The van der Waals surface area contributed by atoms with Gasteiger partial charge in [0, 0.05) is 56.6 Å². The van der Waals surface area contributed by atoms with Crippen LogP contribution >= 0.6 is 0 Å². The predicted molar refractivity (Wildman–Crippen MR) is 98.9 cm³/mol. The van der Waals surface area contributed by atoms with Crippen molar-refractivity contribution in [2.45, 2.75) is 6.54 Å². The summed E-state index contributed by atoms with van der Waals surface area (Å²) in [7, 11) is 0. The Morgan fingerprint density at radius 1 is 0.880 bits per heavy atom. The third kappa shape index (κ3) is 3.39. The lowest BCUT2D eigenvalue weighted by atomic mass is 10.1. The molecule has 2 aromatic heterocycles. The van der Waals surface area contributed by atoms with Gasteiger partial charge in [0.2, 0.25) is 0 Å². The zero-order valence-corrected chi connectivity index (χ0v) is 14.1. The van der Waals surface area contributed by atoms with Crippen LogP contribution in [-0.4, -0.2) is 52.4 Å². The summed E-state index contributed by atoms with van der Waals surface area (Å²) < 4.78 is 1.53. The quantitative estimate of drug-likeness (QED) is 0.725. The van der Waals surface area contributed by atoms with E-state index < -0.39 is 0 Å². The summed E-state index contributed by atoms with van der Waals surface area (Å²) in [6, 6.07) is 13.7. The maximum absolute atomic E-state index is 11.7. The number of hydrogen-bond donors (Lipinski definition) is 0. The van der Waals surface area contributed by atoms with Crippen LogP contribution in [0.15, 0.2) is 59.7 Å². The normalized spacial score (nSPS) is 15.6. The SMILES string of the molecule is O=c1cccnn1CCN1CCN(c2nccc3ccccc23)CC1. The zero-order chi connectivity index (χ0) is 17.1. The van der Waals surface area contributed by atoms with E-state index in [1.165, 1.54) is 15.5 Å². The fourth-order valence-corrected chi connectivity index (χ4v) is 3.33. The minimum atomic E-state index is -0.0407. The van der Waals surface area contributed by atoms with E-state index in [0.717, 1.165) is 38.5 Å². The highest BCUT2D eigenvalue weighted by molar-refractivity contribution is 5.92. The molecule has 1 fully saturated rings. The van der Waals surface area contributed by atoms with E-state index >= 15 is 0 Å². The molecule has 1 aliphatic heterocycles. The van der Waals surface area contributed by atoms with E-state index in [0.29, 0.717) is 6.54 Å². The second-order valence-corrected chi connectivity index (χ2v) is 6.27. The van der Waals surface area contributed by atoms with Gasteiger partial charge in [-0.15, -0.1) is 0 Å². The second kappa shape index (κ2) is 7.03. The van der Waals surface area contributed by atoms with Crippen LogP contribution in [-0.2, 0) is 6.54 Å². The van der Waals surface area contributed by atoms with E-state index in [1.807, 2.05) is 6.20 Å². The molecule has 1 aliphatic rings. The monoisotopic (exact) mass is 335 g/mol. The van der Waals surface area contributed by atoms with Gasteiger partial charge in [-0.3, -0.25) is 9.69 Å². The lowest BCUT2D eigenvalue weighted by Crippen LogP contribution is -2.48. The van der Waals surface area contributed by atoms with Gasteiger partial charge in [-0.2, -0.15) is 5.10 Å². The number of anilines is 1. The molecule has 0 saturated carbocycles. The fraction of sp³-hybridized carbons (Fsp3) is 0.316. The van der Waals surface area contributed by atoms with E-state index in [-0.39, 0.29) is 5.56 Å². The summed E-state index contributed by atoms with van der Waals surface area (Å²) >= 11 is 0. The standard InChI is InChI=1S/C19H21N5O/c25-18-6-3-8-21-24(18)15-12-22-10-13-23(14-11-22)19-17-5-2-1-4-16(17)7-9-20-19/h1-9H,10-15H2. The van der Waals surface area contributed by atoms with Crippen LogP contribution in [0.4, 0.5) is 5.82 Å². The first kappa shape index (κ1) is 15.8. The van der Waals surface area contributed by atoms with Crippen molar-refractivity contribution in [1.82, 2.24) is 19.7 Å². The molecule has 4 rings (SSSR count). The zero-order valence-electron chi connectivity index (χ0n) is 14.1. The molecule has 0 radical (unpaired) electrons. The van der Waals surface area contributed by atoms with Crippen LogP contribution in [0, 0.1) is 0 Å². The van der Waals surface area contributed by atoms with Crippen molar-refractivity contribution in [3.8, 4) is 0 Å². The molecule has 1 saturated heterocycles. The smallest absolute Gasteiger partial charge is 0.266 e. The highest BCUT2D eigenvalue weighted by atomic mass is 16.1. The number of rotatable bonds is 4. The maximum atomic E-state index is 11.7. The van der Waals surface area contributed by atoms with E-state index in [4.69, 9.17) is 0 Å². The third-order valence-electron chi connectivity index (χ3n) is 4.74. The Hall–Kier alpha value is -2.73. The van der Waals surface area contributed by atoms with Gasteiger partial charge in [0.25, 0.3) is 5.56 Å². The molecule has 3 heterocycles. The number of aromatic nitrogens is 3. The van der Waals surface area contributed by atoms with Crippen molar-refractivity contribution in [2.75, 3.05) is 37.6 Å². The molecule has 0 bridgehead atoms. The number of pyridine rings is 1. The van der Waals surface area contributed by atoms with E-state index in [9.17, 15) is 4.79 Å². The van der Waals surface area contributed by atoms with Gasteiger partial charge >= 0.3 is 0 Å². The summed E-state index contributed by atoms with van der Waals surface area (Å²) in [6.07, 6.45) is 3.54. The van der Waals surface area contributed by atoms with Crippen LogP contribution in [0.3, 0.4) is 0 Å². The molecule has 0 atom stereocenters. The Balaban J connectivity index is 1.40. The Bertz CT molecular complexity index is 909. The van der Waals surface area contributed by atoms with Gasteiger partial charge in [-0.1, -0.05) is 24.3 Å². The molecule has 0 spiro atoms. The van der Waals surface area contributed by atoms with Crippen LogP contribution in [0.25, 0.3) is 10.8 Å². The average molecular weight is 335 g/mol. The molecule has 0 amide bonds. The van der Waals surface area contributed by atoms with Crippen molar-refractivity contribution in [3.63, 3.8) is 0 Å². The van der Waals surface area contributed by atoms with Crippen molar-refractivity contribution >= 4 is 16.6 Å². The van der Waals surface area contributed by atoms with Gasteiger partial charge in [-0.25, -0.2) is 9.67 Å². The first-order chi connectivity index (χ1) is 12.3. The minimum Gasteiger partial charge on any atom is -0.354 e. The molecule has 3 aromatic rings. The largest absolute Gasteiger partial charge is 0.354 e. The molecule has 1 aromatic carbocycles. The van der Waals surface area contributed by atoms with Crippen LogP contribution < -0.4 is 10.5 Å². The van der Waals surface area contributed by atoms with Gasteiger partial charge in [0.05, 0.1) is 6.54 Å². The van der Waals surface area contributed by atoms with Crippen LogP contribution in [0.5, 0.6) is 0 Å². The highest BCUT2D eigenvalue weighted by Gasteiger charge is 2.19. The fourth-order valence-electron chi connectivity index (χ4n) is 3.33. The number of benzene rings is 1. The second-order valence-electron chi connectivity index (χ2n) is 6.27. The third-order valence-corrected chi connectivity index (χ3v) is 4.74. The topological polar surface area (TPSA) is 54.3 Å². The lowest BCUT2D eigenvalue weighted by Gasteiger charge is -2.35. The van der Waals surface area contributed by atoms with Crippen molar-refractivity contribution in [3.05, 3.63) is 65.2 Å². The molecule has 0 aliphatic carbocycles. The summed E-state index contributed by atoms with van der Waals surface area (Å²) in [5.74, 6) is 1.07. The first-order valence-corrected chi connectivity index (χ1v) is 8.64. The Kier molecular flexibility index (Phi) is 4.43. The lowest BCUT2D eigenvalue weighted by molar-refractivity contribution is 0.242. The predicted octanol–water partition coefficient (Wildman–Crippen LogP) is 1.61. The first-order valence-electron chi connectivity index (χ1n) is 8.64. The Morgan fingerprint density at radius 3 is 2.56 bits per heavy atom. The van der Waals surface area contributed by atoms with Crippen LogP contribution in [0.2, 0.25) is 0 Å². The molecule has 6 heteroatoms. The number of fused-ring (bicyclic) bond motifs is 1. The average Bonchev–Trinajstić information content (AvgIpc) is 2.67. The van der Waals surface area contributed by atoms with Gasteiger partial charge in [0.1, 0.15) is 5.82 Å². The van der Waals surface area contributed by atoms with Gasteiger partial charge in [-0.05, 0) is 17.5 Å². The molecule has 25 heavy (non-hydrogen) atoms. The van der Waals surface area contributed by atoms with Crippen molar-refractivity contribution in [2.24, 2.45) is 0 Å². The number of piperazine rings is 1.